The highest BCUT2D eigenvalue weighted by molar-refractivity contribution is 5.92. The maximum atomic E-state index is 13.2. The van der Waals surface area contributed by atoms with Gasteiger partial charge in [-0.3, -0.25) is 14.2 Å². The largest absolute Gasteiger partial charge is 0.491 e. The first-order valence-electron chi connectivity index (χ1n) is 10.9. The number of nitrogens with zero attached hydrogens (tertiary/aromatic N) is 2. The molecule has 0 atom stereocenters. The monoisotopic (exact) mass is 459 g/mol. The Balaban J connectivity index is 1.55. The molecule has 0 unspecified atom stereocenters. The molecule has 9 heteroatoms. The van der Waals surface area contributed by atoms with E-state index in [-0.39, 0.29) is 35.9 Å². The molecule has 0 aliphatic heterocycles. The van der Waals surface area contributed by atoms with Crippen molar-refractivity contribution in [1.29, 1.82) is 0 Å². The summed E-state index contributed by atoms with van der Waals surface area (Å²) in [7, 11) is 0. The zero-order valence-electron chi connectivity index (χ0n) is 18.1. The van der Waals surface area contributed by atoms with Crippen LogP contribution in [-0.2, 0) is 17.4 Å². The molecule has 174 valence electrons. The van der Waals surface area contributed by atoms with Crippen LogP contribution in [0.4, 0.5) is 18.9 Å². The lowest BCUT2D eigenvalue weighted by atomic mass is 10.1. The van der Waals surface area contributed by atoms with Gasteiger partial charge in [0.1, 0.15) is 11.6 Å². The molecule has 2 aromatic carbocycles. The number of benzene rings is 2. The zero-order chi connectivity index (χ0) is 23.6. The standard InChI is InChI=1S/C24H24F3N3O3/c1-2-13-33-20-10-7-15(24(25,26)27)14-19(20)29-22(31)12-11-21-28-18-6-4-3-5-17(18)23(32)30(21)16-8-9-16/h3-7,10,14,16H,2,8-9,11-13H2,1H3,(H,29,31). The SMILES string of the molecule is CCCOc1ccc(C(F)(F)F)cc1NC(=O)CCc1nc2ccccc2c(=O)n1C1CC1. The molecule has 0 saturated heterocycles. The van der Waals surface area contributed by atoms with Gasteiger partial charge in [-0.2, -0.15) is 13.2 Å². The number of fused-ring (bicyclic) bond motifs is 1. The summed E-state index contributed by atoms with van der Waals surface area (Å²) in [4.78, 5) is 30.2. The summed E-state index contributed by atoms with van der Waals surface area (Å²) in [6.45, 7) is 2.18. The molecule has 0 bridgehead atoms. The van der Waals surface area contributed by atoms with Gasteiger partial charge in [0, 0.05) is 18.9 Å². The van der Waals surface area contributed by atoms with Crippen molar-refractivity contribution in [1.82, 2.24) is 9.55 Å². The van der Waals surface area contributed by atoms with Crippen molar-refractivity contribution in [3.8, 4) is 5.75 Å². The van der Waals surface area contributed by atoms with Crippen molar-refractivity contribution in [2.24, 2.45) is 0 Å². The number of nitrogens with one attached hydrogen (secondary N) is 1. The van der Waals surface area contributed by atoms with Gasteiger partial charge >= 0.3 is 6.18 Å². The summed E-state index contributed by atoms with van der Waals surface area (Å²) >= 11 is 0. The third-order valence-corrected chi connectivity index (χ3v) is 5.41. The van der Waals surface area contributed by atoms with Crippen molar-refractivity contribution >= 4 is 22.5 Å². The fourth-order valence-corrected chi connectivity index (χ4v) is 3.66. The van der Waals surface area contributed by atoms with E-state index >= 15 is 0 Å². The van der Waals surface area contributed by atoms with Gasteiger partial charge in [-0.05, 0) is 49.6 Å². The number of aryl methyl sites for hydroxylation is 1. The van der Waals surface area contributed by atoms with Crippen LogP contribution in [0.15, 0.2) is 47.3 Å². The summed E-state index contributed by atoms with van der Waals surface area (Å²) in [5, 5.41) is 3.07. The van der Waals surface area contributed by atoms with Gasteiger partial charge in [0.15, 0.2) is 0 Å². The third-order valence-electron chi connectivity index (χ3n) is 5.41. The molecular formula is C24H24F3N3O3. The molecule has 1 aromatic heterocycles. The molecule has 0 spiro atoms. The van der Waals surface area contributed by atoms with Gasteiger partial charge in [-0.25, -0.2) is 4.98 Å². The van der Waals surface area contributed by atoms with Crippen LogP contribution in [0.1, 0.15) is 50.0 Å². The van der Waals surface area contributed by atoms with Gasteiger partial charge in [0.05, 0.1) is 28.8 Å². The van der Waals surface area contributed by atoms with Crippen LogP contribution >= 0.6 is 0 Å². The Bertz CT molecular complexity index is 1230. The van der Waals surface area contributed by atoms with E-state index < -0.39 is 17.6 Å². The molecule has 6 nitrogen and oxygen atoms in total. The van der Waals surface area contributed by atoms with Crippen LogP contribution < -0.4 is 15.6 Å². The van der Waals surface area contributed by atoms with Crippen molar-refractivity contribution in [2.75, 3.05) is 11.9 Å². The van der Waals surface area contributed by atoms with Crippen LogP contribution in [0.25, 0.3) is 10.9 Å². The highest BCUT2D eigenvalue weighted by Gasteiger charge is 2.32. The number of halogens is 3. The second kappa shape index (κ2) is 9.25. The number of anilines is 1. The van der Waals surface area contributed by atoms with Crippen molar-refractivity contribution < 1.29 is 22.7 Å². The Kier molecular flexibility index (Phi) is 6.40. The van der Waals surface area contributed by atoms with Crippen molar-refractivity contribution in [3.05, 3.63) is 64.2 Å². The Hall–Kier alpha value is -3.36. The maximum absolute atomic E-state index is 13.2. The molecule has 1 N–H and O–H groups in total. The first kappa shape index (κ1) is 22.8. The zero-order valence-corrected chi connectivity index (χ0v) is 18.1. The van der Waals surface area contributed by atoms with Crippen LogP contribution in [0.5, 0.6) is 5.75 Å². The molecule has 3 aromatic rings. The smallest absolute Gasteiger partial charge is 0.416 e. The number of alkyl halides is 3. The molecule has 1 aliphatic rings. The van der Waals surface area contributed by atoms with E-state index in [9.17, 15) is 22.8 Å². The van der Waals surface area contributed by atoms with Crippen molar-refractivity contribution in [3.63, 3.8) is 0 Å². The van der Waals surface area contributed by atoms with E-state index in [1.54, 1.807) is 28.8 Å². The van der Waals surface area contributed by atoms with Crippen LogP contribution in [-0.4, -0.2) is 22.1 Å². The van der Waals surface area contributed by atoms with Gasteiger partial charge in [0.2, 0.25) is 5.91 Å². The number of rotatable bonds is 8. The quantitative estimate of drug-likeness (QED) is 0.508. The maximum Gasteiger partial charge on any atom is 0.416 e. The normalized spacial score (nSPS) is 13.8. The minimum absolute atomic E-state index is 0.0330. The number of carbonyl (C=O) groups excluding carboxylic acids is 1. The summed E-state index contributed by atoms with van der Waals surface area (Å²) < 4.78 is 46.6. The summed E-state index contributed by atoms with van der Waals surface area (Å²) in [5.74, 6) is 0.195. The van der Waals surface area contributed by atoms with Gasteiger partial charge < -0.3 is 10.1 Å². The van der Waals surface area contributed by atoms with Crippen LogP contribution in [0, 0.1) is 0 Å². The minimum Gasteiger partial charge on any atom is -0.491 e. The Morgan fingerprint density at radius 1 is 1.21 bits per heavy atom. The molecule has 4 rings (SSSR count). The lowest BCUT2D eigenvalue weighted by Gasteiger charge is -2.16. The molecule has 1 amide bonds. The predicted octanol–water partition coefficient (Wildman–Crippen LogP) is 5.11. The van der Waals surface area contributed by atoms with E-state index in [0.717, 1.165) is 25.0 Å². The molecule has 1 saturated carbocycles. The molecule has 1 fully saturated rings. The topological polar surface area (TPSA) is 73.2 Å². The molecule has 1 heterocycles. The molecule has 1 aliphatic carbocycles. The number of carbonyl (C=O) groups is 1. The number of aromatic nitrogens is 2. The fourth-order valence-electron chi connectivity index (χ4n) is 3.66. The first-order valence-corrected chi connectivity index (χ1v) is 10.9. The van der Waals surface area contributed by atoms with Gasteiger partial charge in [-0.1, -0.05) is 19.1 Å². The molecule has 33 heavy (non-hydrogen) atoms. The molecular weight excluding hydrogens is 435 g/mol. The lowest BCUT2D eigenvalue weighted by Crippen LogP contribution is -2.25. The summed E-state index contributed by atoms with van der Waals surface area (Å²) in [6, 6.07) is 10.1. The average Bonchev–Trinajstić information content (AvgIpc) is 3.61. The van der Waals surface area contributed by atoms with Crippen LogP contribution in [0.3, 0.4) is 0 Å². The van der Waals surface area contributed by atoms with E-state index in [2.05, 4.69) is 10.3 Å². The first-order chi connectivity index (χ1) is 15.8. The Morgan fingerprint density at radius 2 is 1.97 bits per heavy atom. The van der Waals surface area contributed by atoms with Gasteiger partial charge in [0.25, 0.3) is 5.56 Å². The Morgan fingerprint density at radius 3 is 2.67 bits per heavy atom. The summed E-state index contributed by atoms with van der Waals surface area (Å²) in [6.07, 6.45) is -1.98. The highest BCUT2D eigenvalue weighted by atomic mass is 19.4. The van der Waals surface area contributed by atoms with Crippen LogP contribution in [0.2, 0.25) is 0 Å². The van der Waals surface area contributed by atoms with Crippen molar-refractivity contribution in [2.45, 2.75) is 51.2 Å². The molecule has 0 radical (unpaired) electrons. The minimum atomic E-state index is -4.54. The number of amides is 1. The number of ether oxygens (including phenoxy) is 1. The third kappa shape index (κ3) is 5.18. The van der Waals surface area contributed by atoms with E-state index in [1.807, 2.05) is 6.92 Å². The predicted molar refractivity (Wildman–Crippen MR) is 118 cm³/mol. The fraction of sp³-hybridized carbons (Fsp3) is 0.375. The second-order valence-corrected chi connectivity index (χ2v) is 8.06. The second-order valence-electron chi connectivity index (χ2n) is 8.06. The summed E-state index contributed by atoms with van der Waals surface area (Å²) in [5.41, 5.74) is -0.482. The number of hydrogen-bond acceptors (Lipinski definition) is 4. The Labute approximate surface area is 188 Å². The number of hydrogen-bond donors (Lipinski definition) is 1. The van der Waals surface area contributed by atoms with E-state index in [4.69, 9.17) is 4.74 Å². The average molecular weight is 459 g/mol. The van der Waals surface area contributed by atoms with E-state index in [0.29, 0.717) is 29.8 Å². The highest BCUT2D eigenvalue weighted by Crippen LogP contribution is 2.36. The van der Waals surface area contributed by atoms with Gasteiger partial charge in [-0.15, -0.1) is 0 Å². The van der Waals surface area contributed by atoms with E-state index in [1.165, 1.54) is 6.07 Å². The lowest BCUT2D eigenvalue weighted by molar-refractivity contribution is -0.137. The number of para-hydroxylation sites is 1.